The third-order valence-electron chi connectivity index (χ3n) is 3.93. The summed E-state index contributed by atoms with van der Waals surface area (Å²) in [5.41, 5.74) is 3.07. The molecule has 1 aliphatic carbocycles. The number of rotatable bonds is 0. The quantitative estimate of drug-likeness (QED) is 0.687. The minimum absolute atomic E-state index is 0.193. The van der Waals surface area contributed by atoms with Crippen LogP contribution in [0.15, 0.2) is 42.5 Å². The van der Waals surface area contributed by atoms with Gasteiger partial charge in [-0.1, -0.05) is 38.0 Å². The highest BCUT2D eigenvalue weighted by molar-refractivity contribution is 6.01. The van der Waals surface area contributed by atoms with E-state index < -0.39 is 0 Å². The van der Waals surface area contributed by atoms with Crippen molar-refractivity contribution in [3.05, 3.63) is 65.0 Å². The van der Waals surface area contributed by atoms with E-state index in [1.54, 1.807) is 0 Å². The molecule has 0 N–H and O–H groups in total. The van der Waals surface area contributed by atoms with E-state index in [1.165, 1.54) is 0 Å². The van der Waals surface area contributed by atoms with Crippen molar-refractivity contribution in [1.29, 1.82) is 0 Å². The lowest BCUT2D eigenvalue weighted by Crippen LogP contribution is -2.31. The molecule has 2 heteroatoms. The molecule has 3 rings (SSSR count). The summed E-state index contributed by atoms with van der Waals surface area (Å²) in [6.07, 6.45) is 1.69. The molecule has 0 amide bonds. The van der Waals surface area contributed by atoms with Crippen LogP contribution in [0.3, 0.4) is 0 Å². The first-order valence-corrected chi connectivity index (χ1v) is 7.18. The molecular formula is C19H17NO. The number of aromatic nitrogens is 1. The predicted octanol–water partition coefficient (Wildman–Crippen LogP) is 3.64. The Labute approximate surface area is 125 Å². The van der Waals surface area contributed by atoms with Crippen molar-refractivity contribution >= 4 is 5.78 Å². The van der Waals surface area contributed by atoms with Gasteiger partial charge in [0, 0.05) is 16.5 Å². The summed E-state index contributed by atoms with van der Waals surface area (Å²) >= 11 is 0. The number of benzene rings is 1. The summed E-state index contributed by atoms with van der Waals surface area (Å²) in [7, 11) is 0. The van der Waals surface area contributed by atoms with Gasteiger partial charge in [0.25, 0.3) is 0 Å². The zero-order valence-corrected chi connectivity index (χ0v) is 12.3. The van der Waals surface area contributed by atoms with Crippen LogP contribution in [0.1, 0.15) is 47.6 Å². The minimum atomic E-state index is -0.272. The van der Waals surface area contributed by atoms with Crippen LogP contribution in [0.2, 0.25) is 0 Å². The first-order chi connectivity index (χ1) is 10.1. The van der Waals surface area contributed by atoms with E-state index in [-0.39, 0.29) is 11.2 Å². The lowest BCUT2D eigenvalue weighted by molar-refractivity contribution is 0.0809. The predicted molar refractivity (Wildman–Crippen MR) is 83.1 cm³/mol. The largest absolute Gasteiger partial charge is 0.294 e. The molecule has 0 radical (unpaired) electrons. The number of hydrogen-bond acceptors (Lipinski definition) is 2. The Bertz CT molecular complexity index is 748. The van der Waals surface area contributed by atoms with Gasteiger partial charge < -0.3 is 0 Å². The summed E-state index contributed by atoms with van der Waals surface area (Å²) < 4.78 is 0. The van der Waals surface area contributed by atoms with Gasteiger partial charge in [0.1, 0.15) is 5.69 Å². The number of nitrogens with zero attached hydrogens (tertiary/aromatic N) is 1. The van der Waals surface area contributed by atoms with E-state index in [2.05, 4.69) is 16.8 Å². The van der Waals surface area contributed by atoms with Gasteiger partial charge in [-0.25, -0.2) is 4.98 Å². The molecule has 21 heavy (non-hydrogen) atoms. The van der Waals surface area contributed by atoms with E-state index >= 15 is 0 Å². The second kappa shape index (κ2) is 5.18. The summed E-state index contributed by atoms with van der Waals surface area (Å²) in [6, 6.07) is 13.6. The highest BCUT2D eigenvalue weighted by atomic mass is 16.1. The van der Waals surface area contributed by atoms with Crippen LogP contribution in [0.25, 0.3) is 0 Å². The van der Waals surface area contributed by atoms with Gasteiger partial charge in [-0.15, -0.1) is 0 Å². The molecule has 0 atom stereocenters. The summed E-state index contributed by atoms with van der Waals surface area (Å²) in [6.45, 7) is 4.00. The normalized spacial score (nSPS) is 15.8. The summed E-state index contributed by atoms with van der Waals surface area (Å²) in [5, 5.41) is 0. The van der Waals surface area contributed by atoms with Gasteiger partial charge in [0.15, 0.2) is 5.78 Å². The van der Waals surface area contributed by atoms with E-state index in [9.17, 15) is 4.79 Å². The average Bonchev–Trinajstić information content (AvgIpc) is 2.50. The molecular weight excluding hydrogens is 258 g/mol. The molecule has 0 fully saturated rings. The molecule has 1 aliphatic rings. The molecule has 1 aromatic heterocycles. The van der Waals surface area contributed by atoms with E-state index in [1.807, 2.05) is 56.3 Å². The minimum Gasteiger partial charge on any atom is -0.294 e. The van der Waals surface area contributed by atoms with Gasteiger partial charge in [-0.05, 0) is 43.0 Å². The maximum Gasteiger partial charge on any atom is 0.170 e. The van der Waals surface area contributed by atoms with Crippen molar-refractivity contribution in [2.75, 3.05) is 0 Å². The van der Waals surface area contributed by atoms with Crippen LogP contribution in [0, 0.1) is 17.3 Å². The number of aryl methyl sites for hydroxylation is 1. The Balaban J connectivity index is 1.92. The van der Waals surface area contributed by atoms with Crippen molar-refractivity contribution in [3.63, 3.8) is 0 Å². The van der Waals surface area contributed by atoms with Crippen LogP contribution >= 0.6 is 0 Å². The maximum atomic E-state index is 12.4. The molecule has 1 heterocycles. The van der Waals surface area contributed by atoms with E-state index in [4.69, 9.17) is 0 Å². The number of carbonyl (C=O) groups is 1. The third kappa shape index (κ3) is 2.73. The molecule has 0 spiro atoms. The molecule has 104 valence electrons. The first kappa shape index (κ1) is 13.6. The van der Waals surface area contributed by atoms with Crippen molar-refractivity contribution in [2.45, 2.75) is 26.7 Å². The second-order valence-corrected chi connectivity index (χ2v) is 6.02. The van der Waals surface area contributed by atoms with Crippen LogP contribution in [0.5, 0.6) is 0 Å². The first-order valence-electron chi connectivity index (χ1n) is 7.18. The lowest BCUT2D eigenvalue weighted by Gasteiger charge is -2.28. The van der Waals surface area contributed by atoms with Crippen LogP contribution < -0.4 is 0 Å². The fourth-order valence-electron chi connectivity index (χ4n) is 2.53. The van der Waals surface area contributed by atoms with Crippen LogP contribution in [-0.2, 0) is 6.42 Å². The van der Waals surface area contributed by atoms with Gasteiger partial charge >= 0.3 is 0 Å². The maximum absolute atomic E-state index is 12.4. The zero-order chi connectivity index (χ0) is 14.9. The zero-order valence-electron chi connectivity index (χ0n) is 12.3. The monoisotopic (exact) mass is 275 g/mol. The average molecular weight is 275 g/mol. The van der Waals surface area contributed by atoms with E-state index in [0.717, 1.165) is 35.4 Å². The van der Waals surface area contributed by atoms with Gasteiger partial charge in [-0.3, -0.25) is 4.79 Å². The molecule has 2 aromatic rings. The molecule has 0 saturated heterocycles. The molecule has 1 aromatic carbocycles. The third-order valence-corrected chi connectivity index (χ3v) is 3.93. The number of hydrogen-bond donors (Lipinski definition) is 0. The van der Waals surface area contributed by atoms with Crippen molar-refractivity contribution < 1.29 is 4.79 Å². The molecule has 0 unspecified atom stereocenters. The van der Waals surface area contributed by atoms with Gasteiger partial charge in [-0.2, -0.15) is 0 Å². The highest BCUT2D eigenvalue weighted by Gasteiger charge is 2.34. The Morgan fingerprint density at radius 3 is 2.57 bits per heavy atom. The number of ketones is 1. The summed E-state index contributed by atoms with van der Waals surface area (Å²) in [5.74, 6) is 6.37. The molecule has 0 saturated carbocycles. The fraction of sp³-hybridized carbons (Fsp3) is 0.263. The van der Waals surface area contributed by atoms with Crippen molar-refractivity contribution in [1.82, 2.24) is 4.98 Å². The Morgan fingerprint density at radius 1 is 1.05 bits per heavy atom. The van der Waals surface area contributed by atoms with Crippen molar-refractivity contribution in [2.24, 2.45) is 5.41 Å². The number of Topliss-reactive ketones (excluding diaryl/α,β-unsaturated/α-hetero) is 1. The van der Waals surface area contributed by atoms with Crippen molar-refractivity contribution in [3.8, 4) is 11.8 Å². The van der Waals surface area contributed by atoms with Crippen LogP contribution in [-0.4, -0.2) is 10.8 Å². The molecule has 2 nitrogen and oxygen atoms in total. The Morgan fingerprint density at radius 2 is 1.81 bits per heavy atom. The highest BCUT2D eigenvalue weighted by Crippen LogP contribution is 2.33. The molecule has 0 aliphatic heterocycles. The number of pyridine rings is 1. The smallest absolute Gasteiger partial charge is 0.170 e. The SMILES string of the molecule is CC1(C)CCc2nc(C#Cc3ccccc3)ccc2C1=O. The van der Waals surface area contributed by atoms with Gasteiger partial charge in [0.2, 0.25) is 0 Å². The standard InChI is InChI=1S/C19H17NO/c1-19(2)13-12-17-16(18(19)21)11-10-15(20-17)9-8-14-6-4-3-5-7-14/h3-7,10-11H,12-13H2,1-2H3. The fourth-order valence-corrected chi connectivity index (χ4v) is 2.53. The Kier molecular flexibility index (Phi) is 3.35. The Hall–Kier alpha value is -2.40. The second-order valence-electron chi connectivity index (χ2n) is 6.02. The lowest BCUT2D eigenvalue weighted by atomic mass is 9.75. The molecule has 0 bridgehead atoms. The van der Waals surface area contributed by atoms with Gasteiger partial charge in [0.05, 0.1) is 5.69 Å². The van der Waals surface area contributed by atoms with E-state index in [0.29, 0.717) is 0 Å². The van der Waals surface area contributed by atoms with Crippen LogP contribution in [0.4, 0.5) is 0 Å². The topological polar surface area (TPSA) is 30.0 Å². The number of carbonyl (C=O) groups excluding carboxylic acids is 1. The number of fused-ring (bicyclic) bond motifs is 1. The summed E-state index contributed by atoms with van der Waals surface area (Å²) in [4.78, 5) is 16.9.